The Bertz CT molecular complexity index is 226. The van der Waals surface area contributed by atoms with Gasteiger partial charge in [-0.15, -0.1) is 0 Å². The van der Waals surface area contributed by atoms with E-state index < -0.39 is 9.84 Å². The topological polar surface area (TPSA) is 63.4 Å². The summed E-state index contributed by atoms with van der Waals surface area (Å²) in [5, 5.41) is 0. The number of hydrogen-bond donors (Lipinski definition) is 1. The molecule has 4 nitrogen and oxygen atoms in total. The molecular formula is C7H16N2O2S. The van der Waals surface area contributed by atoms with Crippen molar-refractivity contribution in [1.29, 1.82) is 0 Å². The van der Waals surface area contributed by atoms with Gasteiger partial charge in [-0.1, -0.05) is 0 Å². The molecule has 1 aliphatic heterocycles. The third-order valence-corrected chi connectivity index (χ3v) is 3.81. The van der Waals surface area contributed by atoms with Crippen molar-refractivity contribution in [3.63, 3.8) is 0 Å². The first kappa shape index (κ1) is 9.95. The van der Waals surface area contributed by atoms with E-state index in [2.05, 4.69) is 4.90 Å². The Labute approximate surface area is 73.6 Å². The molecule has 0 bridgehead atoms. The van der Waals surface area contributed by atoms with Crippen molar-refractivity contribution >= 4 is 9.84 Å². The van der Waals surface area contributed by atoms with Crippen molar-refractivity contribution in [3.8, 4) is 0 Å². The molecule has 1 saturated heterocycles. The van der Waals surface area contributed by atoms with Crippen LogP contribution >= 0.6 is 0 Å². The smallest absolute Gasteiger partial charge is 0.151 e. The third-order valence-electron chi connectivity index (χ3n) is 2.09. The van der Waals surface area contributed by atoms with E-state index in [4.69, 9.17) is 5.73 Å². The van der Waals surface area contributed by atoms with E-state index in [0.717, 1.165) is 19.5 Å². The number of hydrogen-bond acceptors (Lipinski definition) is 4. The molecule has 0 saturated carbocycles. The van der Waals surface area contributed by atoms with Crippen molar-refractivity contribution in [3.05, 3.63) is 0 Å². The molecule has 0 unspecified atom stereocenters. The quantitative estimate of drug-likeness (QED) is 0.613. The molecule has 1 rings (SSSR count). The molecule has 0 aromatic rings. The number of nitrogens with two attached hydrogens (primary N) is 1. The fourth-order valence-corrected chi connectivity index (χ4v) is 2.71. The number of nitrogens with zero attached hydrogens (tertiary/aromatic N) is 1. The van der Waals surface area contributed by atoms with Gasteiger partial charge < -0.3 is 10.6 Å². The summed E-state index contributed by atoms with van der Waals surface area (Å²) in [5.41, 5.74) is 5.39. The van der Waals surface area contributed by atoms with Gasteiger partial charge >= 0.3 is 0 Å². The highest BCUT2D eigenvalue weighted by Gasteiger charge is 2.17. The molecule has 12 heavy (non-hydrogen) atoms. The van der Waals surface area contributed by atoms with Crippen LogP contribution in [0.15, 0.2) is 0 Å². The Morgan fingerprint density at radius 3 is 2.67 bits per heavy atom. The van der Waals surface area contributed by atoms with Gasteiger partial charge in [0.25, 0.3) is 0 Å². The number of rotatable bonds is 2. The van der Waals surface area contributed by atoms with E-state index in [1.165, 1.54) is 0 Å². The SMILES string of the molecule is NCCN1CCCS(=O)(=O)CC1. The fraction of sp³-hybridized carbons (Fsp3) is 1.00. The summed E-state index contributed by atoms with van der Waals surface area (Å²) in [6.45, 7) is 2.95. The summed E-state index contributed by atoms with van der Waals surface area (Å²) in [6.07, 6.45) is 0.752. The third kappa shape index (κ3) is 3.08. The van der Waals surface area contributed by atoms with Gasteiger partial charge in [0, 0.05) is 19.6 Å². The minimum Gasteiger partial charge on any atom is -0.329 e. The maximum atomic E-state index is 11.2. The first-order chi connectivity index (χ1) is 5.64. The van der Waals surface area contributed by atoms with Crippen molar-refractivity contribution in [2.75, 3.05) is 37.7 Å². The summed E-state index contributed by atoms with van der Waals surface area (Å²) in [4.78, 5) is 2.12. The van der Waals surface area contributed by atoms with Crippen molar-refractivity contribution < 1.29 is 8.42 Å². The van der Waals surface area contributed by atoms with Crippen molar-refractivity contribution in [2.45, 2.75) is 6.42 Å². The van der Waals surface area contributed by atoms with E-state index >= 15 is 0 Å². The summed E-state index contributed by atoms with van der Waals surface area (Å²) in [5.74, 6) is 0.640. The zero-order valence-electron chi connectivity index (χ0n) is 7.20. The summed E-state index contributed by atoms with van der Waals surface area (Å²) in [7, 11) is -2.75. The Hall–Kier alpha value is -0.130. The van der Waals surface area contributed by atoms with E-state index in [1.54, 1.807) is 0 Å². The Morgan fingerprint density at radius 2 is 2.00 bits per heavy atom. The lowest BCUT2D eigenvalue weighted by molar-refractivity contribution is 0.304. The predicted molar refractivity (Wildman–Crippen MR) is 48.8 cm³/mol. The Balaban J connectivity index is 2.45. The van der Waals surface area contributed by atoms with Crippen LogP contribution in [0.2, 0.25) is 0 Å². The molecule has 1 fully saturated rings. The van der Waals surface area contributed by atoms with Gasteiger partial charge in [0.05, 0.1) is 11.5 Å². The normalized spacial score (nSPS) is 25.1. The summed E-state index contributed by atoms with van der Waals surface area (Å²) in [6, 6.07) is 0. The monoisotopic (exact) mass is 192 g/mol. The van der Waals surface area contributed by atoms with Crippen LogP contribution in [0.5, 0.6) is 0 Å². The minimum absolute atomic E-state index is 0.299. The van der Waals surface area contributed by atoms with E-state index in [9.17, 15) is 8.42 Å². The lowest BCUT2D eigenvalue weighted by Crippen LogP contribution is -2.31. The van der Waals surface area contributed by atoms with Crippen LogP contribution in [-0.4, -0.2) is 51.0 Å². The van der Waals surface area contributed by atoms with Crippen LogP contribution in [0.1, 0.15) is 6.42 Å². The molecular weight excluding hydrogens is 176 g/mol. The van der Waals surface area contributed by atoms with Gasteiger partial charge in [0.15, 0.2) is 9.84 Å². The second-order valence-electron chi connectivity index (χ2n) is 3.14. The van der Waals surface area contributed by atoms with Gasteiger partial charge in [-0.3, -0.25) is 0 Å². The fourth-order valence-electron chi connectivity index (χ4n) is 1.40. The van der Waals surface area contributed by atoms with Crippen LogP contribution in [0.4, 0.5) is 0 Å². The highest BCUT2D eigenvalue weighted by atomic mass is 32.2. The second kappa shape index (κ2) is 4.20. The maximum absolute atomic E-state index is 11.2. The molecule has 0 atom stereocenters. The average Bonchev–Trinajstić information content (AvgIpc) is 2.14. The summed E-state index contributed by atoms with van der Waals surface area (Å²) >= 11 is 0. The van der Waals surface area contributed by atoms with Crippen molar-refractivity contribution in [1.82, 2.24) is 4.90 Å². The standard InChI is InChI=1S/C7H16N2O2S/c8-2-4-9-3-1-6-12(10,11)7-5-9/h1-8H2. The van der Waals surface area contributed by atoms with E-state index in [0.29, 0.717) is 24.6 Å². The molecule has 0 aromatic heterocycles. The molecule has 1 heterocycles. The van der Waals surface area contributed by atoms with Crippen molar-refractivity contribution in [2.24, 2.45) is 5.73 Å². The first-order valence-electron chi connectivity index (χ1n) is 4.27. The first-order valence-corrected chi connectivity index (χ1v) is 6.09. The van der Waals surface area contributed by atoms with E-state index in [-0.39, 0.29) is 0 Å². The van der Waals surface area contributed by atoms with Crippen LogP contribution in [0.3, 0.4) is 0 Å². The van der Waals surface area contributed by atoms with Gasteiger partial charge in [0.2, 0.25) is 0 Å². The molecule has 0 spiro atoms. The predicted octanol–water partition coefficient (Wildman–Crippen LogP) is -0.934. The van der Waals surface area contributed by atoms with Crippen LogP contribution < -0.4 is 5.73 Å². The lowest BCUT2D eigenvalue weighted by atomic mass is 10.4. The zero-order valence-corrected chi connectivity index (χ0v) is 8.02. The Kier molecular flexibility index (Phi) is 3.49. The van der Waals surface area contributed by atoms with E-state index in [1.807, 2.05) is 0 Å². The zero-order chi connectivity index (χ0) is 9.03. The van der Waals surface area contributed by atoms with Crippen LogP contribution in [0, 0.1) is 0 Å². The number of sulfone groups is 1. The van der Waals surface area contributed by atoms with Gasteiger partial charge in [-0.25, -0.2) is 8.42 Å². The molecule has 1 aliphatic rings. The maximum Gasteiger partial charge on any atom is 0.151 e. The molecule has 2 N–H and O–H groups in total. The largest absolute Gasteiger partial charge is 0.329 e. The molecule has 0 aromatic carbocycles. The van der Waals surface area contributed by atoms with Crippen LogP contribution in [-0.2, 0) is 9.84 Å². The van der Waals surface area contributed by atoms with Crippen LogP contribution in [0.25, 0.3) is 0 Å². The molecule has 0 aliphatic carbocycles. The molecule has 0 radical (unpaired) electrons. The minimum atomic E-state index is -2.75. The van der Waals surface area contributed by atoms with Gasteiger partial charge in [0.1, 0.15) is 0 Å². The molecule has 0 amide bonds. The molecule has 5 heteroatoms. The Morgan fingerprint density at radius 1 is 1.25 bits per heavy atom. The average molecular weight is 192 g/mol. The summed E-state index contributed by atoms with van der Waals surface area (Å²) < 4.78 is 22.3. The van der Waals surface area contributed by atoms with Gasteiger partial charge in [-0.2, -0.15) is 0 Å². The highest BCUT2D eigenvalue weighted by Crippen LogP contribution is 2.03. The lowest BCUT2D eigenvalue weighted by Gasteiger charge is -2.17. The van der Waals surface area contributed by atoms with Gasteiger partial charge in [-0.05, 0) is 13.0 Å². The second-order valence-corrected chi connectivity index (χ2v) is 5.44. The molecule has 72 valence electrons. The highest BCUT2D eigenvalue weighted by molar-refractivity contribution is 7.91.